The number of hydrogen-bond acceptors (Lipinski definition) is 5. The van der Waals surface area contributed by atoms with Gasteiger partial charge in [0.25, 0.3) is 11.8 Å². The summed E-state index contributed by atoms with van der Waals surface area (Å²) in [6.45, 7) is 3.57. The molecule has 0 unspecified atom stereocenters. The summed E-state index contributed by atoms with van der Waals surface area (Å²) in [6, 6.07) is 21.6. The van der Waals surface area contributed by atoms with Gasteiger partial charge in [0.2, 0.25) is 0 Å². The quantitative estimate of drug-likeness (QED) is 0.373. The lowest BCUT2D eigenvalue weighted by molar-refractivity contribution is -0.118. The van der Waals surface area contributed by atoms with E-state index in [1.54, 1.807) is 24.3 Å². The molecule has 0 bridgehead atoms. The van der Waals surface area contributed by atoms with E-state index in [-0.39, 0.29) is 18.1 Å². The molecule has 7 heteroatoms. The van der Waals surface area contributed by atoms with Gasteiger partial charge in [0.1, 0.15) is 11.6 Å². The number of aryl methyl sites for hydroxylation is 2. The van der Waals surface area contributed by atoms with Crippen molar-refractivity contribution >= 4 is 29.3 Å². The summed E-state index contributed by atoms with van der Waals surface area (Å²) >= 11 is 0. The second-order valence-electron chi connectivity index (χ2n) is 7.50. The zero-order chi connectivity index (χ0) is 24.5. The molecule has 0 atom stereocenters. The molecule has 2 N–H and O–H groups in total. The molecule has 0 aliphatic rings. The first-order chi connectivity index (χ1) is 16.4. The lowest BCUT2D eigenvalue weighted by atomic mass is 10.1. The van der Waals surface area contributed by atoms with E-state index in [4.69, 9.17) is 9.47 Å². The van der Waals surface area contributed by atoms with Crippen molar-refractivity contribution in [2.24, 2.45) is 0 Å². The Balaban J connectivity index is 1.69. The first-order valence-corrected chi connectivity index (χ1v) is 10.6. The second kappa shape index (κ2) is 11.3. The summed E-state index contributed by atoms with van der Waals surface area (Å²) in [4.78, 5) is 24.8. The molecule has 0 aliphatic carbocycles. The third kappa shape index (κ3) is 6.24. The van der Waals surface area contributed by atoms with Crippen LogP contribution in [0.2, 0.25) is 0 Å². The number of rotatable bonds is 8. The van der Waals surface area contributed by atoms with E-state index in [0.29, 0.717) is 22.7 Å². The molecule has 3 aromatic carbocycles. The number of anilines is 2. The van der Waals surface area contributed by atoms with E-state index >= 15 is 0 Å². The first-order valence-electron chi connectivity index (χ1n) is 10.6. The number of nitrogens with zero attached hydrogens (tertiary/aromatic N) is 1. The molecule has 172 valence electrons. The van der Waals surface area contributed by atoms with Crippen LogP contribution in [0.25, 0.3) is 6.08 Å². The second-order valence-corrected chi connectivity index (χ2v) is 7.50. The summed E-state index contributed by atoms with van der Waals surface area (Å²) in [5.74, 6) is -0.0829. The largest absolute Gasteiger partial charge is 0.493 e. The van der Waals surface area contributed by atoms with Crippen LogP contribution in [0.4, 0.5) is 11.4 Å². The van der Waals surface area contributed by atoms with Crippen LogP contribution in [0.5, 0.6) is 11.5 Å². The molecule has 3 rings (SSSR count). The van der Waals surface area contributed by atoms with E-state index in [1.807, 2.05) is 62.4 Å². The van der Waals surface area contributed by atoms with Crippen LogP contribution in [0.3, 0.4) is 0 Å². The molecular formula is C27H25N3O4. The molecule has 0 radical (unpaired) electrons. The summed E-state index contributed by atoms with van der Waals surface area (Å²) in [7, 11) is 1.47. The average molecular weight is 456 g/mol. The van der Waals surface area contributed by atoms with Gasteiger partial charge in [-0.15, -0.1) is 0 Å². The number of methoxy groups -OCH3 is 1. The fraction of sp³-hybridized carbons (Fsp3) is 0.148. The molecule has 7 nitrogen and oxygen atoms in total. The van der Waals surface area contributed by atoms with Crippen molar-refractivity contribution in [3.05, 3.63) is 89.0 Å². The lowest BCUT2D eigenvalue weighted by Gasteiger charge is -2.12. The van der Waals surface area contributed by atoms with E-state index < -0.39 is 5.91 Å². The molecule has 3 aromatic rings. The van der Waals surface area contributed by atoms with Gasteiger partial charge in [-0.2, -0.15) is 5.26 Å². The van der Waals surface area contributed by atoms with Crippen LogP contribution in [0.1, 0.15) is 16.7 Å². The first kappa shape index (κ1) is 24.1. The van der Waals surface area contributed by atoms with Crippen LogP contribution in [-0.4, -0.2) is 25.5 Å². The van der Waals surface area contributed by atoms with Crippen LogP contribution in [-0.2, 0) is 9.59 Å². The van der Waals surface area contributed by atoms with Crippen LogP contribution in [0.15, 0.2) is 72.3 Å². The highest BCUT2D eigenvalue weighted by atomic mass is 16.5. The highest BCUT2D eigenvalue weighted by Crippen LogP contribution is 2.29. The number of nitrogens with one attached hydrogen (secondary N) is 2. The standard InChI is InChI=1S/C27H25N3O4/c1-18-8-4-6-10-22(18)29-26(31)17-34-24-13-12-20(15-25(24)33-3)14-21(16-28)27(32)30-23-11-7-5-9-19(23)2/h4-15H,17H2,1-3H3,(H,29,31)(H,30,32)/b21-14-. The van der Waals surface area contributed by atoms with E-state index in [2.05, 4.69) is 10.6 Å². The minimum Gasteiger partial charge on any atom is -0.493 e. The van der Waals surface area contributed by atoms with Crippen molar-refractivity contribution in [2.75, 3.05) is 24.4 Å². The van der Waals surface area contributed by atoms with Gasteiger partial charge in [-0.1, -0.05) is 42.5 Å². The number of benzene rings is 3. The number of ether oxygens (including phenoxy) is 2. The van der Waals surface area contributed by atoms with E-state index in [9.17, 15) is 14.9 Å². The predicted molar refractivity (Wildman–Crippen MR) is 132 cm³/mol. The molecule has 0 fully saturated rings. The van der Waals surface area contributed by atoms with Gasteiger partial charge in [-0.05, 0) is 60.9 Å². The predicted octanol–water partition coefficient (Wildman–Crippen LogP) is 4.88. The Morgan fingerprint density at radius 2 is 1.53 bits per heavy atom. The van der Waals surface area contributed by atoms with E-state index in [0.717, 1.165) is 16.8 Å². The van der Waals surface area contributed by atoms with Gasteiger partial charge < -0.3 is 20.1 Å². The molecule has 34 heavy (non-hydrogen) atoms. The fourth-order valence-corrected chi connectivity index (χ4v) is 3.15. The van der Waals surface area contributed by atoms with Gasteiger partial charge in [-0.25, -0.2) is 0 Å². The topological polar surface area (TPSA) is 100 Å². The smallest absolute Gasteiger partial charge is 0.266 e. The molecule has 0 aromatic heterocycles. The summed E-state index contributed by atoms with van der Waals surface area (Å²) in [5.41, 5.74) is 3.71. The number of para-hydroxylation sites is 2. The Morgan fingerprint density at radius 3 is 2.12 bits per heavy atom. The Morgan fingerprint density at radius 1 is 0.912 bits per heavy atom. The SMILES string of the molecule is COc1cc(/C=C(/C#N)C(=O)Nc2ccccc2C)ccc1OCC(=O)Nc1ccccc1C. The number of carbonyl (C=O) groups excluding carboxylic acids is 2. The Bertz CT molecular complexity index is 1270. The molecule has 0 heterocycles. The monoisotopic (exact) mass is 455 g/mol. The minimum atomic E-state index is -0.510. The highest BCUT2D eigenvalue weighted by molar-refractivity contribution is 6.10. The lowest BCUT2D eigenvalue weighted by Crippen LogP contribution is -2.20. The molecule has 0 saturated heterocycles. The number of nitriles is 1. The minimum absolute atomic E-state index is 0.0587. The fourth-order valence-electron chi connectivity index (χ4n) is 3.15. The summed E-state index contributed by atoms with van der Waals surface area (Å²) < 4.78 is 11.0. The van der Waals surface area contributed by atoms with Crippen LogP contribution in [0, 0.1) is 25.2 Å². The van der Waals surface area contributed by atoms with Crippen molar-refractivity contribution in [2.45, 2.75) is 13.8 Å². The maximum atomic E-state index is 12.6. The number of amides is 2. The Hall–Kier alpha value is -4.57. The van der Waals surface area contributed by atoms with Gasteiger partial charge in [0, 0.05) is 11.4 Å². The van der Waals surface area contributed by atoms with Crippen LogP contribution < -0.4 is 20.1 Å². The van der Waals surface area contributed by atoms with Crippen molar-refractivity contribution < 1.29 is 19.1 Å². The number of hydrogen-bond donors (Lipinski definition) is 2. The zero-order valence-corrected chi connectivity index (χ0v) is 19.2. The summed E-state index contributed by atoms with van der Waals surface area (Å²) in [6.07, 6.45) is 1.46. The van der Waals surface area contributed by atoms with Gasteiger partial charge in [0.15, 0.2) is 18.1 Å². The molecule has 0 saturated carbocycles. The Labute approximate surface area is 198 Å². The van der Waals surface area contributed by atoms with Crippen LogP contribution >= 0.6 is 0 Å². The molecule has 2 amide bonds. The zero-order valence-electron chi connectivity index (χ0n) is 19.2. The normalized spacial score (nSPS) is 10.7. The summed E-state index contributed by atoms with van der Waals surface area (Å²) in [5, 5.41) is 15.0. The average Bonchev–Trinajstić information content (AvgIpc) is 2.84. The van der Waals surface area contributed by atoms with Crippen molar-refractivity contribution in [1.29, 1.82) is 5.26 Å². The highest BCUT2D eigenvalue weighted by Gasteiger charge is 2.13. The molecule has 0 aliphatic heterocycles. The maximum absolute atomic E-state index is 12.6. The molecule has 0 spiro atoms. The van der Waals surface area contributed by atoms with Gasteiger partial charge in [-0.3, -0.25) is 9.59 Å². The van der Waals surface area contributed by atoms with Gasteiger partial charge >= 0.3 is 0 Å². The maximum Gasteiger partial charge on any atom is 0.266 e. The third-order valence-corrected chi connectivity index (χ3v) is 5.03. The number of carbonyl (C=O) groups is 2. The van der Waals surface area contributed by atoms with Crippen molar-refractivity contribution in [3.8, 4) is 17.6 Å². The third-order valence-electron chi connectivity index (χ3n) is 5.03. The van der Waals surface area contributed by atoms with Crippen molar-refractivity contribution in [1.82, 2.24) is 0 Å². The Kier molecular flexibility index (Phi) is 8.03. The van der Waals surface area contributed by atoms with E-state index in [1.165, 1.54) is 13.2 Å². The van der Waals surface area contributed by atoms with Gasteiger partial charge in [0.05, 0.1) is 7.11 Å². The molecular weight excluding hydrogens is 430 g/mol. The van der Waals surface area contributed by atoms with Crippen molar-refractivity contribution in [3.63, 3.8) is 0 Å².